The van der Waals surface area contributed by atoms with Crippen LogP contribution < -0.4 is 10.6 Å². The van der Waals surface area contributed by atoms with Gasteiger partial charge in [0.2, 0.25) is 0 Å². The molecule has 2 N–H and O–H groups in total. The maximum absolute atomic E-state index is 5.89. The van der Waals surface area contributed by atoms with Gasteiger partial charge in [0, 0.05) is 30.5 Å². The zero-order valence-corrected chi connectivity index (χ0v) is 18.4. The molecule has 1 aromatic carbocycles. The second-order valence-corrected chi connectivity index (χ2v) is 7.81. The topological polar surface area (TPSA) is 45.7 Å². The summed E-state index contributed by atoms with van der Waals surface area (Å²) in [5.41, 5.74) is 4.06. The summed E-state index contributed by atoms with van der Waals surface area (Å²) in [6.07, 6.45) is 1.56. The molecule has 25 heavy (non-hydrogen) atoms. The molecule has 1 saturated heterocycles. The highest BCUT2D eigenvalue weighted by molar-refractivity contribution is 14.0. The van der Waals surface area contributed by atoms with Gasteiger partial charge in [-0.2, -0.15) is 0 Å². The Morgan fingerprint density at radius 2 is 2.08 bits per heavy atom. The van der Waals surface area contributed by atoms with Crippen LogP contribution in [0.2, 0.25) is 0 Å². The number of aliphatic imine (C=N–C) groups is 1. The van der Waals surface area contributed by atoms with Crippen LogP contribution in [-0.2, 0) is 11.3 Å². The third kappa shape index (κ3) is 4.13. The van der Waals surface area contributed by atoms with Gasteiger partial charge in [-0.25, -0.2) is 4.99 Å². The van der Waals surface area contributed by atoms with Crippen LogP contribution in [0.25, 0.3) is 0 Å². The summed E-state index contributed by atoms with van der Waals surface area (Å²) in [5.74, 6) is 1.53. The van der Waals surface area contributed by atoms with Crippen LogP contribution in [0.1, 0.15) is 43.9 Å². The highest BCUT2D eigenvalue weighted by Gasteiger charge is 2.59. The molecule has 1 heterocycles. The Hall–Kier alpha value is -0.820. The molecule has 3 atom stereocenters. The molecule has 2 fully saturated rings. The molecule has 3 unspecified atom stereocenters. The number of nitrogens with zero attached hydrogens (tertiary/aromatic N) is 1. The van der Waals surface area contributed by atoms with Crippen LogP contribution in [0, 0.1) is 25.2 Å². The van der Waals surface area contributed by atoms with E-state index in [0.717, 1.165) is 25.5 Å². The lowest BCUT2D eigenvalue weighted by Gasteiger charge is -2.54. The molecule has 0 radical (unpaired) electrons. The van der Waals surface area contributed by atoms with E-state index in [1.54, 1.807) is 0 Å². The van der Waals surface area contributed by atoms with Crippen molar-refractivity contribution < 1.29 is 4.74 Å². The molecule has 1 aliphatic heterocycles. The van der Waals surface area contributed by atoms with Crippen molar-refractivity contribution in [3.05, 3.63) is 34.9 Å². The lowest BCUT2D eigenvalue weighted by Crippen LogP contribution is -2.67. The van der Waals surface area contributed by atoms with E-state index in [9.17, 15) is 0 Å². The standard InChI is InChI=1S/C20H31N3O.HI/c1-6-21-19(22-12-15-8-7-13(2)11-14(15)3)23-17-16-9-10-24-18(16)20(17,4)5;/h7-8,11,16-18H,6,9-10,12H2,1-5H3,(H2,21,22,23);1H. The molecular formula is C20H32IN3O. The molecule has 1 aliphatic carbocycles. The van der Waals surface area contributed by atoms with E-state index in [1.807, 2.05) is 0 Å². The first-order valence-electron chi connectivity index (χ1n) is 9.16. The normalized spacial score (nSPS) is 27.1. The van der Waals surface area contributed by atoms with Gasteiger partial charge in [0.25, 0.3) is 0 Å². The van der Waals surface area contributed by atoms with Gasteiger partial charge >= 0.3 is 0 Å². The molecule has 5 heteroatoms. The van der Waals surface area contributed by atoms with Crippen LogP contribution in [-0.4, -0.2) is 31.3 Å². The van der Waals surface area contributed by atoms with Crippen molar-refractivity contribution in [1.82, 2.24) is 10.6 Å². The van der Waals surface area contributed by atoms with Gasteiger partial charge in [0.05, 0.1) is 12.6 Å². The lowest BCUT2D eigenvalue weighted by molar-refractivity contribution is -0.106. The largest absolute Gasteiger partial charge is 0.377 e. The van der Waals surface area contributed by atoms with Gasteiger partial charge in [-0.05, 0) is 38.3 Å². The highest BCUT2D eigenvalue weighted by atomic mass is 127. The zero-order valence-electron chi connectivity index (χ0n) is 16.1. The van der Waals surface area contributed by atoms with Gasteiger partial charge in [-0.1, -0.05) is 37.6 Å². The van der Waals surface area contributed by atoms with E-state index >= 15 is 0 Å². The maximum atomic E-state index is 5.89. The average molecular weight is 457 g/mol. The third-order valence-electron chi connectivity index (χ3n) is 5.64. The molecule has 0 amide bonds. The number of fused-ring (bicyclic) bond motifs is 1. The van der Waals surface area contributed by atoms with Crippen molar-refractivity contribution in [3.8, 4) is 0 Å². The number of halogens is 1. The second kappa shape index (κ2) is 8.25. The van der Waals surface area contributed by atoms with E-state index < -0.39 is 0 Å². The SMILES string of the molecule is CCNC(=NCc1ccc(C)cc1C)NC1C2CCOC2C1(C)C.I. The lowest BCUT2D eigenvalue weighted by atomic mass is 9.57. The predicted molar refractivity (Wildman–Crippen MR) is 115 cm³/mol. The summed E-state index contributed by atoms with van der Waals surface area (Å²) >= 11 is 0. The number of ether oxygens (including phenoxy) is 1. The van der Waals surface area contributed by atoms with Crippen molar-refractivity contribution in [3.63, 3.8) is 0 Å². The predicted octanol–water partition coefficient (Wildman–Crippen LogP) is 3.79. The Morgan fingerprint density at radius 3 is 2.76 bits per heavy atom. The second-order valence-electron chi connectivity index (χ2n) is 7.81. The number of hydrogen-bond acceptors (Lipinski definition) is 2. The Labute approximate surface area is 169 Å². The minimum absolute atomic E-state index is 0. The van der Waals surface area contributed by atoms with E-state index in [1.165, 1.54) is 16.7 Å². The van der Waals surface area contributed by atoms with Crippen LogP contribution >= 0.6 is 24.0 Å². The van der Waals surface area contributed by atoms with Crippen molar-refractivity contribution in [2.24, 2.45) is 16.3 Å². The Bertz CT molecular complexity index is 629. The van der Waals surface area contributed by atoms with E-state index in [-0.39, 0.29) is 29.4 Å². The van der Waals surface area contributed by atoms with Crippen molar-refractivity contribution in [1.29, 1.82) is 0 Å². The fourth-order valence-electron chi connectivity index (χ4n) is 4.27. The summed E-state index contributed by atoms with van der Waals surface area (Å²) in [4.78, 5) is 4.83. The molecule has 140 valence electrons. The van der Waals surface area contributed by atoms with Crippen LogP contribution in [0.5, 0.6) is 0 Å². The van der Waals surface area contributed by atoms with Crippen molar-refractivity contribution in [2.75, 3.05) is 13.2 Å². The highest BCUT2D eigenvalue weighted by Crippen LogP contribution is 2.52. The van der Waals surface area contributed by atoms with Crippen molar-refractivity contribution in [2.45, 2.75) is 59.7 Å². The number of rotatable bonds is 4. The smallest absolute Gasteiger partial charge is 0.191 e. The molecule has 1 saturated carbocycles. The molecule has 0 bridgehead atoms. The Kier molecular flexibility index (Phi) is 6.76. The first-order valence-corrected chi connectivity index (χ1v) is 9.16. The average Bonchev–Trinajstić information content (AvgIpc) is 2.98. The summed E-state index contributed by atoms with van der Waals surface area (Å²) in [7, 11) is 0. The first kappa shape index (κ1) is 20.5. The summed E-state index contributed by atoms with van der Waals surface area (Å²) in [6.45, 7) is 13.5. The molecule has 4 nitrogen and oxygen atoms in total. The fourth-order valence-corrected chi connectivity index (χ4v) is 4.27. The van der Waals surface area contributed by atoms with Crippen LogP contribution in [0.15, 0.2) is 23.2 Å². The Morgan fingerprint density at radius 1 is 1.32 bits per heavy atom. The molecule has 3 rings (SSSR count). The monoisotopic (exact) mass is 457 g/mol. The number of hydrogen-bond donors (Lipinski definition) is 2. The maximum Gasteiger partial charge on any atom is 0.191 e. The summed E-state index contributed by atoms with van der Waals surface area (Å²) in [5, 5.41) is 7.07. The van der Waals surface area contributed by atoms with Gasteiger partial charge in [0.15, 0.2) is 5.96 Å². The fraction of sp³-hybridized carbons (Fsp3) is 0.650. The minimum Gasteiger partial charge on any atom is -0.377 e. The first-order chi connectivity index (χ1) is 11.4. The van der Waals surface area contributed by atoms with Gasteiger partial charge in [-0.15, -0.1) is 24.0 Å². The summed E-state index contributed by atoms with van der Waals surface area (Å²) in [6, 6.07) is 7.00. The number of benzene rings is 1. The summed E-state index contributed by atoms with van der Waals surface area (Å²) < 4.78 is 5.89. The molecular weight excluding hydrogens is 425 g/mol. The number of guanidine groups is 1. The van der Waals surface area contributed by atoms with Gasteiger partial charge in [-0.3, -0.25) is 0 Å². The van der Waals surface area contributed by atoms with Crippen molar-refractivity contribution >= 4 is 29.9 Å². The zero-order chi connectivity index (χ0) is 17.3. The van der Waals surface area contributed by atoms with Crippen LogP contribution in [0.3, 0.4) is 0 Å². The third-order valence-corrected chi connectivity index (χ3v) is 5.64. The van der Waals surface area contributed by atoms with Crippen LogP contribution in [0.4, 0.5) is 0 Å². The molecule has 0 spiro atoms. The van der Waals surface area contributed by atoms with Gasteiger partial charge < -0.3 is 15.4 Å². The number of aryl methyl sites for hydroxylation is 2. The van der Waals surface area contributed by atoms with Gasteiger partial charge in [0.1, 0.15) is 0 Å². The molecule has 0 aromatic heterocycles. The van der Waals surface area contributed by atoms with E-state index in [2.05, 4.69) is 63.5 Å². The Balaban J connectivity index is 0.00000225. The molecule has 2 aliphatic rings. The minimum atomic E-state index is 0. The van der Waals surface area contributed by atoms with E-state index in [4.69, 9.17) is 9.73 Å². The quantitative estimate of drug-likeness (QED) is 0.411. The molecule has 1 aromatic rings. The number of nitrogens with one attached hydrogen (secondary N) is 2. The van der Waals surface area contributed by atoms with E-state index in [0.29, 0.717) is 24.6 Å².